The predicted molar refractivity (Wildman–Crippen MR) is 105 cm³/mol. The molecule has 0 radical (unpaired) electrons. The summed E-state index contributed by atoms with van der Waals surface area (Å²) in [6.45, 7) is 9.81. The molecule has 0 aliphatic carbocycles. The molecule has 1 rings (SSSR count). The first kappa shape index (κ1) is 23.7. The Kier molecular flexibility index (Phi) is 9.75. The minimum absolute atomic E-state index is 0.0607. The van der Waals surface area contributed by atoms with Gasteiger partial charge in [0.15, 0.2) is 0 Å². The fourth-order valence-corrected chi connectivity index (χ4v) is 2.67. The Morgan fingerprint density at radius 1 is 0.857 bits per heavy atom. The van der Waals surface area contributed by atoms with E-state index in [1.54, 1.807) is 9.80 Å². The molecule has 4 amide bonds. The van der Waals surface area contributed by atoms with Gasteiger partial charge in [-0.3, -0.25) is 14.4 Å². The lowest BCUT2D eigenvalue weighted by molar-refractivity contribution is -0.135. The van der Waals surface area contributed by atoms with Crippen molar-refractivity contribution in [3.05, 3.63) is 0 Å². The normalized spacial score (nSPS) is 14.4. The topological polar surface area (TPSA) is 108 Å². The molecular formula is C19H34N4O5. The van der Waals surface area contributed by atoms with Gasteiger partial charge in [0, 0.05) is 59.0 Å². The van der Waals surface area contributed by atoms with Crippen molar-refractivity contribution in [1.82, 2.24) is 20.4 Å². The van der Waals surface area contributed by atoms with E-state index in [9.17, 15) is 19.2 Å². The van der Waals surface area contributed by atoms with Crippen LogP contribution in [0.5, 0.6) is 0 Å². The third-order valence-electron chi connectivity index (χ3n) is 4.15. The largest absolute Gasteiger partial charge is 0.444 e. The summed E-state index contributed by atoms with van der Waals surface area (Å²) in [4.78, 5) is 50.1. The van der Waals surface area contributed by atoms with Crippen LogP contribution >= 0.6 is 0 Å². The van der Waals surface area contributed by atoms with Crippen molar-refractivity contribution in [3.63, 3.8) is 0 Å². The average molecular weight is 399 g/mol. The van der Waals surface area contributed by atoms with E-state index in [0.717, 1.165) is 12.8 Å². The van der Waals surface area contributed by atoms with Crippen LogP contribution in [0.2, 0.25) is 0 Å². The Morgan fingerprint density at radius 3 is 1.93 bits per heavy atom. The molecule has 0 atom stereocenters. The van der Waals surface area contributed by atoms with E-state index in [1.807, 2.05) is 20.8 Å². The molecule has 1 fully saturated rings. The molecular weight excluding hydrogens is 364 g/mol. The minimum atomic E-state index is -0.540. The summed E-state index contributed by atoms with van der Waals surface area (Å²) < 4.78 is 5.34. The van der Waals surface area contributed by atoms with Crippen LogP contribution in [0.25, 0.3) is 0 Å². The van der Waals surface area contributed by atoms with Gasteiger partial charge in [-0.15, -0.1) is 0 Å². The quantitative estimate of drug-likeness (QED) is 0.590. The Labute approximate surface area is 167 Å². The van der Waals surface area contributed by atoms with E-state index in [0.29, 0.717) is 39.3 Å². The molecule has 0 unspecified atom stereocenters. The second-order valence-electron chi connectivity index (χ2n) is 7.89. The maximum Gasteiger partial charge on any atom is 0.410 e. The number of nitrogens with one attached hydrogen (secondary N) is 2. The number of hydrogen-bond donors (Lipinski definition) is 2. The van der Waals surface area contributed by atoms with Crippen LogP contribution in [-0.2, 0) is 19.1 Å². The summed E-state index contributed by atoms with van der Waals surface area (Å²) in [6.07, 6.45) is 1.51. The fourth-order valence-electron chi connectivity index (χ4n) is 2.67. The highest BCUT2D eigenvalue weighted by Crippen LogP contribution is 2.12. The second kappa shape index (κ2) is 11.5. The number of unbranched alkanes of at least 4 members (excludes halogenated alkanes) is 1. The van der Waals surface area contributed by atoms with Crippen molar-refractivity contribution in [2.75, 3.05) is 39.3 Å². The highest BCUT2D eigenvalue weighted by molar-refractivity contribution is 5.84. The average Bonchev–Trinajstić information content (AvgIpc) is 2.61. The van der Waals surface area contributed by atoms with Crippen molar-refractivity contribution in [2.24, 2.45) is 0 Å². The number of rotatable bonds is 8. The van der Waals surface area contributed by atoms with Gasteiger partial charge in [0.25, 0.3) is 0 Å². The van der Waals surface area contributed by atoms with E-state index in [2.05, 4.69) is 10.6 Å². The molecule has 0 bridgehead atoms. The number of amides is 4. The summed E-state index contributed by atoms with van der Waals surface area (Å²) in [5.41, 5.74) is -0.540. The van der Waals surface area contributed by atoms with Crippen molar-refractivity contribution < 1.29 is 23.9 Å². The molecule has 0 spiro atoms. The predicted octanol–water partition coefficient (Wildman–Crippen LogP) is 0.878. The number of ether oxygens (including phenoxy) is 1. The van der Waals surface area contributed by atoms with Crippen LogP contribution in [0.15, 0.2) is 0 Å². The molecule has 160 valence electrons. The van der Waals surface area contributed by atoms with Gasteiger partial charge in [0.05, 0.1) is 0 Å². The number of carbonyl (C=O) groups excluding carboxylic acids is 4. The van der Waals surface area contributed by atoms with Crippen molar-refractivity contribution >= 4 is 23.8 Å². The lowest BCUT2D eigenvalue weighted by Crippen LogP contribution is -2.51. The van der Waals surface area contributed by atoms with Gasteiger partial charge in [-0.2, -0.15) is 0 Å². The SMILES string of the molecule is CC(=O)NCCCCNC(=O)CCC(=O)N1CCN(C(=O)OC(C)(C)C)CC1. The number of hydrogen-bond acceptors (Lipinski definition) is 5. The molecule has 0 aromatic rings. The lowest BCUT2D eigenvalue weighted by Gasteiger charge is -2.35. The highest BCUT2D eigenvalue weighted by atomic mass is 16.6. The number of carbonyl (C=O) groups is 4. The minimum Gasteiger partial charge on any atom is -0.444 e. The first-order chi connectivity index (χ1) is 13.1. The zero-order valence-electron chi connectivity index (χ0n) is 17.5. The first-order valence-corrected chi connectivity index (χ1v) is 9.85. The van der Waals surface area contributed by atoms with Crippen LogP contribution in [0.1, 0.15) is 53.4 Å². The standard InChI is InChI=1S/C19H34N4O5/c1-15(24)20-9-5-6-10-21-16(25)7-8-17(26)22-11-13-23(14-12-22)18(27)28-19(2,3)4/h5-14H2,1-4H3,(H,20,24)(H,21,25). The van der Waals surface area contributed by atoms with E-state index in [-0.39, 0.29) is 36.7 Å². The molecule has 1 heterocycles. The molecule has 0 saturated carbocycles. The molecule has 1 aliphatic rings. The molecule has 0 aromatic carbocycles. The number of piperazine rings is 1. The Hall–Kier alpha value is -2.32. The summed E-state index contributed by atoms with van der Waals surface area (Å²) in [5.74, 6) is -0.292. The van der Waals surface area contributed by atoms with E-state index in [4.69, 9.17) is 4.74 Å². The Morgan fingerprint density at radius 2 is 1.39 bits per heavy atom. The lowest BCUT2D eigenvalue weighted by atomic mass is 10.2. The van der Waals surface area contributed by atoms with Gasteiger partial charge in [0.2, 0.25) is 17.7 Å². The molecule has 9 heteroatoms. The van der Waals surface area contributed by atoms with Crippen molar-refractivity contribution in [2.45, 2.75) is 59.0 Å². The Balaban J connectivity index is 2.17. The van der Waals surface area contributed by atoms with Gasteiger partial charge in [-0.05, 0) is 33.6 Å². The zero-order chi connectivity index (χ0) is 21.2. The summed E-state index contributed by atoms with van der Waals surface area (Å²) >= 11 is 0. The van der Waals surface area contributed by atoms with E-state index < -0.39 is 5.60 Å². The van der Waals surface area contributed by atoms with Gasteiger partial charge in [0.1, 0.15) is 5.60 Å². The molecule has 2 N–H and O–H groups in total. The van der Waals surface area contributed by atoms with Gasteiger partial charge in [-0.1, -0.05) is 0 Å². The monoisotopic (exact) mass is 398 g/mol. The summed E-state index contributed by atoms with van der Waals surface area (Å²) in [6, 6.07) is 0. The van der Waals surface area contributed by atoms with Crippen LogP contribution in [0.4, 0.5) is 4.79 Å². The van der Waals surface area contributed by atoms with E-state index in [1.165, 1.54) is 6.92 Å². The van der Waals surface area contributed by atoms with Crippen LogP contribution < -0.4 is 10.6 Å². The van der Waals surface area contributed by atoms with Crippen LogP contribution in [0, 0.1) is 0 Å². The Bertz CT molecular complexity index is 551. The smallest absolute Gasteiger partial charge is 0.410 e. The van der Waals surface area contributed by atoms with Crippen molar-refractivity contribution in [1.29, 1.82) is 0 Å². The first-order valence-electron chi connectivity index (χ1n) is 9.85. The van der Waals surface area contributed by atoms with Gasteiger partial charge in [-0.25, -0.2) is 4.79 Å². The molecule has 9 nitrogen and oxygen atoms in total. The molecule has 1 aliphatic heterocycles. The summed E-state index contributed by atoms with van der Waals surface area (Å²) in [5, 5.41) is 5.48. The van der Waals surface area contributed by atoms with E-state index >= 15 is 0 Å². The van der Waals surface area contributed by atoms with Crippen LogP contribution in [0.3, 0.4) is 0 Å². The van der Waals surface area contributed by atoms with Gasteiger partial charge >= 0.3 is 6.09 Å². The van der Waals surface area contributed by atoms with Crippen LogP contribution in [-0.4, -0.2) is 78.5 Å². The molecule has 28 heavy (non-hydrogen) atoms. The summed E-state index contributed by atoms with van der Waals surface area (Å²) in [7, 11) is 0. The van der Waals surface area contributed by atoms with Gasteiger partial charge < -0.3 is 25.2 Å². The maximum absolute atomic E-state index is 12.3. The van der Waals surface area contributed by atoms with Crippen molar-refractivity contribution in [3.8, 4) is 0 Å². The maximum atomic E-state index is 12.3. The highest BCUT2D eigenvalue weighted by Gasteiger charge is 2.27. The fraction of sp³-hybridized carbons (Fsp3) is 0.789. The second-order valence-corrected chi connectivity index (χ2v) is 7.89. The third-order valence-corrected chi connectivity index (χ3v) is 4.15. The third kappa shape index (κ3) is 10.1. The molecule has 0 aromatic heterocycles. The molecule has 1 saturated heterocycles. The number of nitrogens with zero attached hydrogens (tertiary/aromatic N) is 2. The zero-order valence-corrected chi connectivity index (χ0v) is 17.5.